The van der Waals surface area contributed by atoms with Crippen LogP contribution in [0.4, 0.5) is 26.3 Å². The molecule has 0 N–H and O–H groups in total. The quantitative estimate of drug-likeness (QED) is 0.632. The maximum Gasteiger partial charge on any atom is 0.434 e. The summed E-state index contributed by atoms with van der Waals surface area (Å²) in [5, 5.41) is -0.301. The number of aromatic nitrogens is 2. The summed E-state index contributed by atoms with van der Waals surface area (Å²) >= 11 is 5.45. The summed E-state index contributed by atoms with van der Waals surface area (Å²) in [7, 11) is 0. The normalized spacial score (nSPS) is 12.9. The van der Waals surface area contributed by atoms with Gasteiger partial charge in [0.25, 0.3) is 6.10 Å². The topological polar surface area (TPSA) is 35.0 Å². The van der Waals surface area contributed by atoms with E-state index >= 15 is 0 Å². The second-order valence-electron chi connectivity index (χ2n) is 3.38. The molecule has 1 aromatic rings. The molecule has 3 nitrogen and oxygen atoms in total. The largest absolute Gasteiger partial charge is 0.455 e. The Morgan fingerprint density at radius 2 is 1.68 bits per heavy atom. The highest BCUT2D eigenvalue weighted by Gasteiger charge is 2.59. The van der Waals surface area contributed by atoms with Crippen molar-refractivity contribution >= 4 is 11.6 Å². The van der Waals surface area contributed by atoms with E-state index in [2.05, 4.69) is 14.7 Å². The minimum absolute atomic E-state index is 0.0226. The van der Waals surface area contributed by atoms with E-state index in [0.29, 0.717) is 6.07 Å². The highest BCUT2D eigenvalue weighted by Crippen LogP contribution is 2.36. The van der Waals surface area contributed by atoms with Crippen LogP contribution in [-0.4, -0.2) is 28.4 Å². The fraction of sp³-hybridized carbons (Fsp3) is 0.556. The molecule has 108 valence electrons. The van der Waals surface area contributed by atoms with Crippen molar-refractivity contribution in [1.29, 1.82) is 0 Å². The Bertz CT molecular complexity index is 433. The Labute approximate surface area is 108 Å². The molecule has 0 saturated heterocycles. The molecule has 0 aliphatic heterocycles. The third-order valence-corrected chi connectivity index (χ3v) is 2.06. The molecule has 0 aromatic carbocycles. The van der Waals surface area contributed by atoms with Crippen LogP contribution >= 0.6 is 11.6 Å². The molecule has 0 atom stereocenters. The molecule has 0 aliphatic carbocycles. The zero-order chi connectivity index (χ0) is 14.8. The van der Waals surface area contributed by atoms with Crippen LogP contribution < -0.4 is 4.74 Å². The Balaban J connectivity index is 3.07. The first-order valence-electron chi connectivity index (χ1n) is 4.87. The van der Waals surface area contributed by atoms with Gasteiger partial charge >= 0.3 is 12.4 Å². The summed E-state index contributed by atoms with van der Waals surface area (Å²) in [5.41, 5.74) is 0. The molecule has 0 bridgehead atoms. The van der Waals surface area contributed by atoms with Crippen LogP contribution in [0.3, 0.4) is 0 Å². The van der Waals surface area contributed by atoms with Gasteiger partial charge in [-0.1, -0.05) is 18.5 Å². The second-order valence-corrected chi connectivity index (χ2v) is 3.77. The summed E-state index contributed by atoms with van der Waals surface area (Å²) in [4.78, 5) is 7.00. The Hall–Kier alpha value is -1.25. The molecule has 0 aliphatic rings. The highest BCUT2D eigenvalue weighted by molar-refractivity contribution is 6.29. The predicted molar refractivity (Wildman–Crippen MR) is 52.9 cm³/mol. The van der Waals surface area contributed by atoms with E-state index in [1.165, 1.54) is 0 Å². The van der Waals surface area contributed by atoms with E-state index in [-0.39, 0.29) is 17.4 Å². The van der Waals surface area contributed by atoms with Crippen molar-refractivity contribution in [2.45, 2.75) is 31.8 Å². The Morgan fingerprint density at radius 3 is 2.11 bits per heavy atom. The molecule has 1 aromatic heterocycles. The number of hydrogen-bond donors (Lipinski definition) is 0. The molecular formula is C9H7ClF6N2O. The zero-order valence-corrected chi connectivity index (χ0v) is 10.1. The SMILES string of the molecule is CCc1nc(Cl)cc(OC(C(F)(F)F)C(F)(F)F)n1. The second kappa shape index (κ2) is 5.40. The van der Waals surface area contributed by atoms with Crippen molar-refractivity contribution in [2.75, 3.05) is 0 Å². The molecule has 19 heavy (non-hydrogen) atoms. The minimum atomic E-state index is -5.61. The lowest BCUT2D eigenvalue weighted by atomic mass is 10.3. The molecule has 10 heteroatoms. The van der Waals surface area contributed by atoms with Crippen LogP contribution in [0.1, 0.15) is 12.7 Å². The highest BCUT2D eigenvalue weighted by atomic mass is 35.5. The minimum Gasteiger partial charge on any atom is -0.455 e. The number of nitrogens with zero attached hydrogens (tertiary/aromatic N) is 2. The molecule has 0 unspecified atom stereocenters. The van der Waals surface area contributed by atoms with Gasteiger partial charge in [0.1, 0.15) is 11.0 Å². The van der Waals surface area contributed by atoms with Crippen LogP contribution in [-0.2, 0) is 6.42 Å². The average molecular weight is 309 g/mol. The van der Waals surface area contributed by atoms with Gasteiger partial charge in [-0.15, -0.1) is 0 Å². The molecule has 0 radical (unpaired) electrons. The lowest BCUT2D eigenvalue weighted by molar-refractivity contribution is -0.300. The van der Waals surface area contributed by atoms with E-state index < -0.39 is 24.3 Å². The molecule has 0 fully saturated rings. The van der Waals surface area contributed by atoms with Gasteiger partial charge < -0.3 is 4.74 Å². The lowest BCUT2D eigenvalue weighted by Crippen LogP contribution is -2.46. The standard InChI is InChI=1S/C9H7ClF6N2O/c1-2-5-17-4(10)3-6(18-5)19-7(8(11,12)13)9(14,15)16/h3,7H,2H2,1H3. The number of rotatable bonds is 3. The monoisotopic (exact) mass is 308 g/mol. The first-order chi connectivity index (χ1) is 8.54. The summed E-state index contributed by atoms with van der Waals surface area (Å²) < 4.78 is 77.5. The van der Waals surface area contributed by atoms with E-state index in [1.807, 2.05) is 0 Å². The molecule has 1 heterocycles. The van der Waals surface area contributed by atoms with Crippen LogP contribution in [0.2, 0.25) is 5.15 Å². The Morgan fingerprint density at radius 1 is 1.16 bits per heavy atom. The van der Waals surface area contributed by atoms with E-state index in [4.69, 9.17) is 11.6 Å². The van der Waals surface area contributed by atoms with Gasteiger partial charge in [-0.05, 0) is 0 Å². The third-order valence-electron chi connectivity index (χ3n) is 1.87. The molecule has 1 rings (SSSR count). The predicted octanol–water partition coefficient (Wildman–Crippen LogP) is 3.56. The number of alkyl halides is 6. The summed E-state index contributed by atoms with van der Waals surface area (Å²) in [6.07, 6.45) is -15.0. The summed E-state index contributed by atoms with van der Waals surface area (Å²) in [5.74, 6) is -0.901. The summed E-state index contributed by atoms with van der Waals surface area (Å²) in [6.45, 7) is 1.56. The van der Waals surface area contributed by atoms with Crippen LogP contribution in [0, 0.1) is 0 Å². The van der Waals surface area contributed by atoms with Crippen molar-refractivity contribution in [3.63, 3.8) is 0 Å². The van der Waals surface area contributed by atoms with E-state index in [9.17, 15) is 26.3 Å². The van der Waals surface area contributed by atoms with Crippen LogP contribution in [0.15, 0.2) is 6.07 Å². The van der Waals surface area contributed by atoms with Crippen molar-refractivity contribution < 1.29 is 31.1 Å². The fourth-order valence-corrected chi connectivity index (χ4v) is 1.29. The van der Waals surface area contributed by atoms with Gasteiger partial charge in [-0.25, -0.2) is 4.98 Å². The molecule has 0 amide bonds. The third kappa shape index (κ3) is 4.41. The first-order valence-corrected chi connectivity index (χ1v) is 5.25. The van der Waals surface area contributed by atoms with Gasteiger partial charge in [0.2, 0.25) is 5.88 Å². The maximum absolute atomic E-state index is 12.3. The maximum atomic E-state index is 12.3. The lowest BCUT2D eigenvalue weighted by Gasteiger charge is -2.23. The average Bonchev–Trinajstić information content (AvgIpc) is 2.22. The fourth-order valence-electron chi connectivity index (χ4n) is 1.10. The number of hydrogen-bond acceptors (Lipinski definition) is 3. The first kappa shape index (κ1) is 15.8. The van der Waals surface area contributed by atoms with Crippen LogP contribution in [0.25, 0.3) is 0 Å². The van der Waals surface area contributed by atoms with Gasteiger partial charge in [-0.3, -0.25) is 0 Å². The van der Waals surface area contributed by atoms with Gasteiger partial charge in [0, 0.05) is 12.5 Å². The van der Waals surface area contributed by atoms with E-state index in [1.54, 1.807) is 6.92 Å². The number of aryl methyl sites for hydroxylation is 1. The van der Waals surface area contributed by atoms with Crippen molar-refractivity contribution in [2.24, 2.45) is 0 Å². The molecule has 0 spiro atoms. The van der Waals surface area contributed by atoms with Gasteiger partial charge in [0.15, 0.2) is 0 Å². The summed E-state index contributed by atoms with van der Waals surface area (Å²) in [6, 6.07) is 0.686. The van der Waals surface area contributed by atoms with Gasteiger partial charge in [-0.2, -0.15) is 31.3 Å². The Kier molecular flexibility index (Phi) is 4.49. The van der Waals surface area contributed by atoms with Gasteiger partial charge in [0.05, 0.1) is 0 Å². The van der Waals surface area contributed by atoms with Crippen molar-refractivity contribution in [3.8, 4) is 5.88 Å². The van der Waals surface area contributed by atoms with Crippen molar-refractivity contribution in [3.05, 3.63) is 17.0 Å². The number of ether oxygens (including phenoxy) is 1. The van der Waals surface area contributed by atoms with E-state index in [0.717, 1.165) is 0 Å². The van der Waals surface area contributed by atoms with Crippen LogP contribution in [0.5, 0.6) is 5.88 Å². The molecule has 0 saturated carbocycles. The number of halogens is 7. The zero-order valence-electron chi connectivity index (χ0n) is 9.31. The smallest absolute Gasteiger partial charge is 0.434 e. The van der Waals surface area contributed by atoms with Crippen molar-refractivity contribution in [1.82, 2.24) is 9.97 Å². The molecular weight excluding hydrogens is 302 g/mol.